The summed E-state index contributed by atoms with van der Waals surface area (Å²) in [6.45, 7) is 33.9. The minimum Gasteiger partial charge on any atom is -0.455 e. The van der Waals surface area contributed by atoms with Gasteiger partial charge in [0.2, 0.25) is 0 Å². The lowest BCUT2D eigenvalue weighted by atomic mass is 9.49. The summed E-state index contributed by atoms with van der Waals surface area (Å²) >= 11 is 3.62. The third-order valence-electron chi connectivity index (χ3n) is 24.9. The molecule has 0 unspecified atom stereocenters. The zero-order chi connectivity index (χ0) is 76.8. The van der Waals surface area contributed by atoms with Gasteiger partial charge in [-0.05, 0) is 241 Å². The Bertz CT molecular complexity index is 5800. The lowest BCUT2D eigenvalue weighted by Crippen LogP contribution is -2.41. The lowest BCUT2D eigenvalue weighted by molar-refractivity contribution is 0.00578. The molecule has 3 fully saturated rings. The Morgan fingerprint density at radius 2 is 0.564 bits per heavy atom. The molecule has 12 aromatic carbocycles. The molecule has 14 aromatic rings. The summed E-state index contributed by atoms with van der Waals surface area (Å²) in [5.41, 5.74) is 24.0. The van der Waals surface area contributed by atoms with Gasteiger partial charge in [-0.25, -0.2) is 0 Å². The zero-order valence-corrected chi connectivity index (χ0v) is 67.3. The van der Waals surface area contributed by atoms with Crippen molar-refractivity contribution in [2.24, 2.45) is 0 Å². The number of furan rings is 2. The first kappa shape index (κ1) is 73.1. The Labute approximate surface area is 656 Å². The summed E-state index contributed by atoms with van der Waals surface area (Å²) in [5.74, 6) is 0. The van der Waals surface area contributed by atoms with Crippen LogP contribution in [0.2, 0.25) is 0 Å². The van der Waals surface area contributed by atoms with Gasteiger partial charge in [0.05, 0.1) is 33.6 Å². The SMILES string of the molecule is CC1(C)OB(B2OC(C)(C)C(C)(C)O2)OC1(C)C.CC1(C)c2ccccc2-c2ccc(N(c3ccc(B4OC(C)(C)C(C)(C)O4)cc3)c3ccc(-c4cccc5c4oc4ccccc45)cc3)cc21.CC1(C)c2ccccc2-c2ccc(N(c3ccc(Br)cc3)c3ccc(-c4cccc5c4oc4ccccc45)cc3)cc21. The molecular weight excluding hydrogens is 1420 g/mol. The summed E-state index contributed by atoms with van der Waals surface area (Å²) in [7, 11) is -1.37. The van der Waals surface area contributed by atoms with Crippen LogP contribution in [0.1, 0.15) is 133 Å². The van der Waals surface area contributed by atoms with Crippen molar-refractivity contribution in [3.05, 3.63) is 294 Å². The van der Waals surface area contributed by atoms with Crippen molar-refractivity contribution in [1.29, 1.82) is 0 Å². The fourth-order valence-corrected chi connectivity index (χ4v) is 16.7. The fraction of sp³-hybridized carbons (Fsp3) is 0.250. The molecule has 19 rings (SSSR count). The molecule has 0 atom stereocenters. The van der Waals surface area contributed by atoms with Gasteiger partial charge in [-0.1, -0.05) is 213 Å². The number of nitrogens with zero attached hydrogens (tertiary/aromatic N) is 2. The molecule has 550 valence electrons. The Hall–Kier alpha value is -9.73. The van der Waals surface area contributed by atoms with Gasteiger partial charge in [0.15, 0.2) is 0 Å². The maximum Gasteiger partial charge on any atom is 0.494 e. The van der Waals surface area contributed by atoms with Crippen LogP contribution >= 0.6 is 15.9 Å². The van der Waals surface area contributed by atoms with Gasteiger partial charge < -0.3 is 46.6 Å². The van der Waals surface area contributed by atoms with E-state index in [0.717, 1.165) is 110 Å². The van der Waals surface area contributed by atoms with E-state index in [0.29, 0.717) is 0 Å². The Kier molecular flexibility index (Phi) is 17.8. The molecule has 0 saturated carbocycles. The molecule has 5 aliphatic rings. The third-order valence-corrected chi connectivity index (χ3v) is 25.4. The van der Waals surface area contributed by atoms with Crippen LogP contribution < -0.4 is 15.3 Å². The molecule has 10 nitrogen and oxygen atoms in total. The second-order valence-electron chi connectivity index (χ2n) is 34.0. The zero-order valence-electron chi connectivity index (χ0n) is 65.7. The number of anilines is 6. The predicted molar refractivity (Wildman–Crippen MR) is 458 cm³/mol. The highest BCUT2D eigenvalue weighted by Gasteiger charge is 2.64. The van der Waals surface area contributed by atoms with Crippen molar-refractivity contribution < 1.29 is 36.8 Å². The number of halogens is 1. The molecule has 14 heteroatoms. The predicted octanol–water partition coefficient (Wildman–Crippen LogP) is 25.4. The largest absolute Gasteiger partial charge is 0.494 e. The van der Waals surface area contributed by atoms with Gasteiger partial charge in [-0.15, -0.1) is 0 Å². The van der Waals surface area contributed by atoms with Crippen molar-refractivity contribution in [2.45, 2.75) is 155 Å². The number of para-hydroxylation sites is 4. The number of hydrogen-bond donors (Lipinski definition) is 0. The molecule has 2 aromatic heterocycles. The molecule has 3 saturated heterocycles. The van der Waals surface area contributed by atoms with E-state index >= 15 is 0 Å². The topological polar surface area (TPSA) is 88.1 Å². The molecule has 0 bridgehead atoms. The quantitative estimate of drug-likeness (QED) is 0.123. The molecule has 0 radical (unpaired) electrons. The van der Waals surface area contributed by atoms with E-state index in [1.807, 2.05) is 79.7 Å². The van der Waals surface area contributed by atoms with Crippen molar-refractivity contribution >= 4 is 121 Å². The van der Waals surface area contributed by atoms with E-state index in [1.54, 1.807) is 0 Å². The molecule has 2 aliphatic carbocycles. The highest BCUT2D eigenvalue weighted by molar-refractivity contribution is 9.10. The molecule has 3 aliphatic heterocycles. The molecule has 0 spiro atoms. The van der Waals surface area contributed by atoms with Crippen LogP contribution in [0.25, 0.3) is 88.4 Å². The highest BCUT2D eigenvalue weighted by Crippen LogP contribution is 2.54. The van der Waals surface area contributed by atoms with Gasteiger partial charge in [0.25, 0.3) is 0 Å². The van der Waals surface area contributed by atoms with E-state index in [-0.39, 0.29) is 33.2 Å². The van der Waals surface area contributed by atoms with Crippen LogP contribution in [0.15, 0.2) is 280 Å². The normalized spacial score (nSPS) is 18.0. The van der Waals surface area contributed by atoms with Crippen molar-refractivity contribution in [3.63, 3.8) is 0 Å². The van der Waals surface area contributed by atoms with E-state index in [1.165, 1.54) is 44.5 Å². The lowest BCUT2D eigenvalue weighted by Gasteiger charge is -2.32. The first-order valence-corrected chi connectivity index (χ1v) is 39.2. The van der Waals surface area contributed by atoms with Crippen LogP contribution in [-0.4, -0.2) is 54.7 Å². The summed E-state index contributed by atoms with van der Waals surface area (Å²) in [4.78, 5) is 4.69. The number of hydrogen-bond acceptors (Lipinski definition) is 10. The minimum absolute atomic E-state index is 0.0670. The van der Waals surface area contributed by atoms with Crippen LogP contribution in [0.5, 0.6) is 0 Å². The maximum atomic E-state index is 6.39. The minimum atomic E-state index is -0.476. The highest BCUT2D eigenvalue weighted by atomic mass is 79.9. The fourth-order valence-electron chi connectivity index (χ4n) is 16.4. The van der Waals surface area contributed by atoms with E-state index in [4.69, 9.17) is 36.8 Å². The Morgan fingerprint density at radius 3 is 0.955 bits per heavy atom. The second kappa shape index (κ2) is 26.8. The van der Waals surface area contributed by atoms with Crippen LogP contribution in [0.3, 0.4) is 0 Å². The van der Waals surface area contributed by atoms with Gasteiger partial charge in [-0.3, -0.25) is 0 Å². The first-order chi connectivity index (χ1) is 52.4. The van der Waals surface area contributed by atoms with E-state index < -0.39 is 32.3 Å². The maximum absolute atomic E-state index is 6.39. The summed E-state index contributed by atoms with van der Waals surface area (Å²) < 4.78 is 50.4. The number of fused-ring (bicyclic) bond motifs is 12. The molecule has 110 heavy (non-hydrogen) atoms. The van der Waals surface area contributed by atoms with Crippen LogP contribution in [0.4, 0.5) is 34.1 Å². The van der Waals surface area contributed by atoms with Crippen molar-refractivity contribution in [1.82, 2.24) is 0 Å². The number of rotatable bonds is 10. The van der Waals surface area contributed by atoms with Gasteiger partial charge in [0, 0.05) is 82.1 Å². The average Bonchev–Trinajstić information content (AvgIpc) is 1.58. The van der Waals surface area contributed by atoms with Crippen LogP contribution in [0, 0.1) is 0 Å². The van der Waals surface area contributed by atoms with Crippen molar-refractivity contribution in [2.75, 3.05) is 9.80 Å². The van der Waals surface area contributed by atoms with Gasteiger partial charge >= 0.3 is 21.1 Å². The van der Waals surface area contributed by atoms with Gasteiger partial charge in [0.1, 0.15) is 22.3 Å². The van der Waals surface area contributed by atoms with Crippen LogP contribution in [-0.2, 0) is 38.8 Å². The molecular formula is C96H92B3BrN2O8. The second-order valence-corrected chi connectivity index (χ2v) is 34.9. The number of benzene rings is 12. The van der Waals surface area contributed by atoms with E-state index in [2.05, 4.69) is 324 Å². The van der Waals surface area contributed by atoms with E-state index in [9.17, 15) is 0 Å². The van der Waals surface area contributed by atoms with Gasteiger partial charge in [-0.2, -0.15) is 0 Å². The average molecular weight is 1510 g/mol. The molecule has 0 amide bonds. The Balaban J connectivity index is 0.000000133. The van der Waals surface area contributed by atoms with Crippen molar-refractivity contribution in [3.8, 4) is 44.5 Å². The summed E-state index contributed by atoms with van der Waals surface area (Å²) in [5, 5.41) is 4.56. The first-order valence-electron chi connectivity index (χ1n) is 38.4. The summed E-state index contributed by atoms with van der Waals surface area (Å²) in [6.07, 6.45) is 0. The Morgan fingerprint density at radius 1 is 0.264 bits per heavy atom. The molecule has 0 N–H and O–H groups in total. The standard InChI is InChI=1S/C45H40BNO3.C39H28BrNO.C12H24B2O4/c1-43(2)39-16-9-7-12-35(39)36-27-26-33(28-40(36)43)47(32-24-20-30(21-25-32)46-49-44(3,4)45(5,6)50-46)31-22-18-29(19-23-31)34-14-11-15-38-37-13-8-10-17-41(37)48-42(34)38;1-39(2)35-12-5-3-8-31(35)32-23-22-29(24-36(32)39)41(28-20-16-26(40)17-21-28)27-18-14-25(15-19-27)30-10-7-11-34-33-9-4-6-13-37(33)42-38(30)34;1-9(2)10(3,4)16-13(15-9)14-17-11(5,6)12(7,8)18-14/h7-28H,1-6H3;3-24H,1-2H3;1-8H3. The summed E-state index contributed by atoms with van der Waals surface area (Å²) in [6, 6.07) is 95.6. The molecule has 5 heterocycles. The monoisotopic (exact) mass is 1510 g/mol. The third kappa shape index (κ3) is 12.5. The smallest absolute Gasteiger partial charge is 0.455 e.